The maximum absolute atomic E-state index is 9.32. The van der Waals surface area contributed by atoms with Crippen LogP contribution in [0, 0.1) is 16.7 Å². The van der Waals surface area contributed by atoms with Gasteiger partial charge in [0.25, 0.3) is 0 Å². The fourth-order valence-electron chi connectivity index (χ4n) is 0.137. The molecule has 0 aliphatic heterocycles. The number of hydrogen-bond acceptors (Lipinski definition) is 2. The van der Waals surface area contributed by atoms with E-state index in [1.807, 2.05) is 6.07 Å². The number of rotatable bonds is 1. The van der Waals surface area contributed by atoms with Crippen molar-refractivity contribution < 1.29 is 5.11 Å². The Hall–Kier alpha value is -0.550. The molecule has 0 aliphatic rings. The third-order valence-corrected chi connectivity index (χ3v) is 1.81. The molecule has 0 spiro atoms. The fraction of sp³-hybridized carbons (Fsp3) is 0.857. The molecular weight excluding hydrogens is 114 g/mol. The summed E-state index contributed by atoms with van der Waals surface area (Å²) in [7, 11) is 0. The van der Waals surface area contributed by atoms with Gasteiger partial charge in [-0.3, -0.25) is 0 Å². The third kappa shape index (κ3) is 1.69. The first-order chi connectivity index (χ1) is 3.81. The Kier molecular flexibility index (Phi) is 1.88. The second-order valence-electron chi connectivity index (χ2n) is 3.30. The monoisotopic (exact) mass is 127 g/mol. The number of hydrogen-bond donors (Lipinski definition) is 1. The lowest BCUT2D eigenvalue weighted by atomic mass is 9.79. The fourth-order valence-corrected chi connectivity index (χ4v) is 0.137. The summed E-state index contributed by atoms with van der Waals surface area (Å²) in [6, 6.07) is 2.03. The molecule has 1 N–H and O–H groups in total. The zero-order chi connectivity index (χ0) is 7.71. The van der Waals surface area contributed by atoms with Crippen LogP contribution in [0.5, 0.6) is 0 Å². The van der Waals surface area contributed by atoms with Gasteiger partial charge in [-0.25, -0.2) is 0 Å². The molecule has 0 saturated heterocycles. The van der Waals surface area contributed by atoms with Crippen LogP contribution in [-0.2, 0) is 0 Å². The Morgan fingerprint density at radius 2 is 1.56 bits per heavy atom. The van der Waals surface area contributed by atoms with Gasteiger partial charge in [-0.1, -0.05) is 0 Å². The van der Waals surface area contributed by atoms with Crippen LogP contribution in [0.3, 0.4) is 0 Å². The Morgan fingerprint density at radius 1 is 1.22 bits per heavy atom. The molecule has 0 aromatic heterocycles. The first-order valence-corrected chi connectivity index (χ1v) is 2.95. The third-order valence-electron chi connectivity index (χ3n) is 1.81. The van der Waals surface area contributed by atoms with Crippen LogP contribution in [0.15, 0.2) is 0 Å². The Bertz CT molecular complexity index is 136. The molecule has 0 heterocycles. The van der Waals surface area contributed by atoms with Crippen molar-refractivity contribution in [2.24, 2.45) is 5.41 Å². The molecule has 0 bridgehead atoms. The molecule has 0 radical (unpaired) electrons. The summed E-state index contributed by atoms with van der Waals surface area (Å²) in [4.78, 5) is 0. The lowest BCUT2D eigenvalue weighted by molar-refractivity contribution is -0.00319. The minimum absolute atomic E-state index is 0.660. The van der Waals surface area contributed by atoms with E-state index < -0.39 is 11.0 Å². The zero-order valence-electron chi connectivity index (χ0n) is 6.39. The van der Waals surface area contributed by atoms with E-state index in [2.05, 4.69) is 0 Å². The van der Waals surface area contributed by atoms with Gasteiger partial charge in [0, 0.05) is 0 Å². The summed E-state index contributed by atoms with van der Waals surface area (Å²) in [5, 5.41) is 17.8. The number of nitriles is 1. The quantitative estimate of drug-likeness (QED) is 0.577. The van der Waals surface area contributed by atoms with Gasteiger partial charge in [0.1, 0.15) is 0 Å². The molecule has 2 nitrogen and oxygen atoms in total. The summed E-state index contributed by atoms with van der Waals surface area (Å²) in [6.07, 6.45) is 0. The summed E-state index contributed by atoms with van der Waals surface area (Å²) < 4.78 is 0. The van der Waals surface area contributed by atoms with E-state index in [1.54, 1.807) is 27.7 Å². The molecule has 52 valence electrons. The maximum atomic E-state index is 9.32. The Morgan fingerprint density at radius 3 is 1.56 bits per heavy atom. The van der Waals surface area contributed by atoms with Gasteiger partial charge in [-0.15, -0.1) is 0 Å². The number of nitrogens with zero attached hydrogens (tertiary/aromatic N) is 1. The van der Waals surface area contributed by atoms with E-state index in [-0.39, 0.29) is 0 Å². The average Bonchev–Trinajstić information content (AvgIpc) is 1.64. The SMILES string of the molecule is CC(C)(O)C(C)(C)C#N. The summed E-state index contributed by atoms with van der Waals surface area (Å²) in [5.74, 6) is 0. The molecule has 9 heavy (non-hydrogen) atoms. The highest BCUT2D eigenvalue weighted by molar-refractivity contribution is 5.02. The average molecular weight is 127 g/mol. The van der Waals surface area contributed by atoms with Crippen molar-refractivity contribution in [2.45, 2.75) is 33.3 Å². The molecular formula is C7H13NO. The van der Waals surface area contributed by atoms with Gasteiger partial charge >= 0.3 is 0 Å². The molecule has 2 heteroatoms. The van der Waals surface area contributed by atoms with E-state index in [0.29, 0.717) is 0 Å². The van der Waals surface area contributed by atoms with Gasteiger partial charge in [0.2, 0.25) is 0 Å². The second-order valence-corrected chi connectivity index (χ2v) is 3.30. The smallest absolute Gasteiger partial charge is 0.0798 e. The molecule has 0 rings (SSSR count). The first-order valence-electron chi connectivity index (χ1n) is 2.95. The summed E-state index contributed by atoms with van der Waals surface area (Å²) in [6.45, 7) is 6.70. The van der Waals surface area contributed by atoms with Crippen molar-refractivity contribution in [3.05, 3.63) is 0 Å². The zero-order valence-corrected chi connectivity index (χ0v) is 6.39. The molecule has 0 saturated carbocycles. The highest BCUT2D eigenvalue weighted by Crippen LogP contribution is 2.28. The van der Waals surface area contributed by atoms with Crippen molar-refractivity contribution in [3.8, 4) is 6.07 Å². The lowest BCUT2D eigenvalue weighted by Gasteiger charge is -2.30. The van der Waals surface area contributed by atoms with E-state index in [4.69, 9.17) is 5.26 Å². The minimum Gasteiger partial charge on any atom is -0.389 e. The maximum Gasteiger partial charge on any atom is 0.0798 e. The molecule has 0 fully saturated rings. The lowest BCUT2D eigenvalue weighted by Crippen LogP contribution is -2.37. The highest BCUT2D eigenvalue weighted by Gasteiger charge is 2.34. The van der Waals surface area contributed by atoms with E-state index in [0.717, 1.165) is 0 Å². The van der Waals surface area contributed by atoms with Crippen molar-refractivity contribution in [2.75, 3.05) is 0 Å². The molecule has 0 amide bonds. The number of aliphatic hydroxyl groups is 1. The first kappa shape index (κ1) is 8.45. The van der Waals surface area contributed by atoms with Crippen LogP contribution in [0.1, 0.15) is 27.7 Å². The van der Waals surface area contributed by atoms with E-state index >= 15 is 0 Å². The van der Waals surface area contributed by atoms with Crippen molar-refractivity contribution in [3.63, 3.8) is 0 Å². The van der Waals surface area contributed by atoms with E-state index in [9.17, 15) is 5.11 Å². The van der Waals surface area contributed by atoms with Gasteiger partial charge < -0.3 is 5.11 Å². The molecule has 0 aromatic rings. The molecule has 0 atom stereocenters. The van der Waals surface area contributed by atoms with Crippen LogP contribution >= 0.6 is 0 Å². The molecule has 0 aliphatic carbocycles. The standard InChI is InChI=1S/C7H13NO/c1-6(2,5-8)7(3,4)9/h9H,1-4H3. The predicted octanol–water partition coefficient (Wildman–Crippen LogP) is 1.31. The Labute approximate surface area is 56.1 Å². The van der Waals surface area contributed by atoms with Gasteiger partial charge in [0.15, 0.2) is 0 Å². The van der Waals surface area contributed by atoms with Gasteiger partial charge in [-0.2, -0.15) is 5.26 Å². The molecule has 0 unspecified atom stereocenters. The van der Waals surface area contributed by atoms with Crippen LogP contribution in [0.2, 0.25) is 0 Å². The Balaban J connectivity index is 4.39. The van der Waals surface area contributed by atoms with Crippen molar-refractivity contribution in [1.29, 1.82) is 5.26 Å². The highest BCUT2D eigenvalue weighted by atomic mass is 16.3. The van der Waals surface area contributed by atoms with Gasteiger partial charge in [0.05, 0.1) is 17.1 Å². The van der Waals surface area contributed by atoms with Crippen molar-refractivity contribution in [1.82, 2.24) is 0 Å². The topological polar surface area (TPSA) is 44.0 Å². The van der Waals surface area contributed by atoms with Gasteiger partial charge in [-0.05, 0) is 27.7 Å². The summed E-state index contributed by atoms with van der Waals surface area (Å²) in [5.41, 5.74) is -1.57. The van der Waals surface area contributed by atoms with Crippen LogP contribution in [0.4, 0.5) is 0 Å². The van der Waals surface area contributed by atoms with Crippen LogP contribution in [-0.4, -0.2) is 10.7 Å². The van der Waals surface area contributed by atoms with Crippen LogP contribution in [0.25, 0.3) is 0 Å². The normalized spacial score (nSPS) is 12.9. The van der Waals surface area contributed by atoms with Crippen molar-refractivity contribution >= 4 is 0 Å². The second kappa shape index (κ2) is 2.00. The molecule has 0 aromatic carbocycles. The minimum atomic E-state index is -0.915. The predicted molar refractivity (Wildman–Crippen MR) is 35.7 cm³/mol. The largest absolute Gasteiger partial charge is 0.389 e. The summed E-state index contributed by atoms with van der Waals surface area (Å²) >= 11 is 0. The van der Waals surface area contributed by atoms with Crippen LogP contribution < -0.4 is 0 Å². The van der Waals surface area contributed by atoms with E-state index in [1.165, 1.54) is 0 Å².